The standard InChI is InChI=1S/C28H26N6O2/c35-26(36)16-18-4-6-19(7-5-18)20-8-10-21(11-9-20)22-12-14-23(15-13-22)28-30-24-2-1-3-25(27(24)31-28)34-17-29-32-33-34/h1-3,8-15,17-19H,4-7,16H2,(H,30,31)(H,35,36). The Labute approximate surface area is 208 Å². The minimum absolute atomic E-state index is 0.302. The maximum absolute atomic E-state index is 11.0. The third-order valence-corrected chi connectivity index (χ3v) is 7.27. The van der Waals surface area contributed by atoms with Gasteiger partial charge >= 0.3 is 5.97 Å². The van der Waals surface area contributed by atoms with E-state index < -0.39 is 5.97 Å². The smallest absolute Gasteiger partial charge is 0.303 e. The minimum Gasteiger partial charge on any atom is -0.481 e. The van der Waals surface area contributed by atoms with Crippen LogP contribution in [-0.2, 0) is 4.79 Å². The van der Waals surface area contributed by atoms with Gasteiger partial charge in [0.15, 0.2) is 0 Å². The van der Waals surface area contributed by atoms with Crippen LogP contribution in [0.1, 0.15) is 43.6 Å². The first kappa shape index (κ1) is 22.2. The summed E-state index contributed by atoms with van der Waals surface area (Å²) in [5, 5.41) is 20.5. The number of hydrogen-bond acceptors (Lipinski definition) is 5. The molecule has 0 bridgehead atoms. The molecule has 2 heterocycles. The van der Waals surface area contributed by atoms with Crippen molar-refractivity contribution in [3.63, 3.8) is 0 Å². The summed E-state index contributed by atoms with van der Waals surface area (Å²) in [4.78, 5) is 19.2. The number of para-hydroxylation sites is 1. The summed E-state index contributed by atoms with van der Waals surface area (Å²) in [5.74, 6) is 0.973. The number of carboxylic acid groups (broad SMARTS) is 1. The molecule has 36 heavy (non-hydrogen) atoms. The topological polar surface area (TPSA) is 110 Å². The lowest BCUT2D eigenvalue weighted by Gasteiger charge is -2.28. The Balaban J connectivity index is 1.18. The van der Waals surface area contributed by atoms with Crippen molar-refractivity contribution in [2.75, 3.05) is 0 Å². The van der Waals surface area contributed by atoms with Gasteiger partial charge in [0.1, 0.15) is 17.7 Å². The zero-order valence-corrected chi connectivity index (χ0v) is 19.7. The van der Waals surface area contributed by atoms with Crippen molar-refractivity contribution in [1.29, 1.82) is 0 Å². The summed E-state index contributed by atoms with van der Waals surface area (Å²) in [6.45, 7) is 0. The van der Waals surface area contributed by atoms with Crippen LogP contribution in [0.4, 0.5) is 0 Å². The molecule has 1 aliphatic rings. The molecular formula is C28H26N6O2. The Morgan fingerprint density at radius 1 is 0.917 bits per heavy atom. The molecule has 180 valence electrons. The zero-order chi connectivity index (χ0) is 24.5. The number of rotatable bonds is 6. The summed E-state index contributed by atoms with van der Waals surface area (Å²) >= 11 is 0. The monoisotopic (exact) mass is 478 g/mol. The van der Waals surface area contributed by atoms with E-state index in [2.05, 4.69) is 69.0 Å². The normalized spacial score (nSPS) is 17.9. The van der Waals surface area contributed by atoms with Gasteiger partial charge in [-0.2, -0.15) is 4.68 Å². The summed E-state index contributed by atoms with van der Waals surface area (Å²) in [5.41, 5.74) is 7.26. The fourth-order valence-corrected chi connectivity index (χ4v) is 5.33. The van der Waals surface area contributed by atoms with E-state index in [-0.39, 0.29) is 0 Å². The van der Waals surface area contributed by atoms with Gasteiger partial charge in [-0.05, 0) is 76.8 Å². The molecule has 2 N–H and O–H groups in total. The number of aromatic nitrogens is 6. The van der Waals surface area contributed by atoms with Crippen LogP contribution in [0.15, 0.2) is 73.1 Å². The number of aliphatic carboxylic acids is 1. The highest BCUT2D eigenvalue weighted by molar-refractivity contribution is 5.86. The molecule has 5 aromatic rings. The van der Waals surface area contributed by atoms with Crippen LogP contribution >= 0.6 is 0 Å². The minimum atomic E-state index is -0.678. The Bertz CT molecular complexity index is 1480. The summed E-state index contributed by atoms with van der Waals surface area (Å²) in [7, 11) is 0. The number of nitrogens with zero attached hydrogens (tertiary/aromatic N) is 5. The van der Waals surface area contributed by atoms with Crippen molar-refractivity contribution in [2.45, 2.75) is 38.0 Å². The first-order valence-corrected chi connectivity index (χ1v) is 12.3. The Hall–Kier alpha value is -4.33. The average molecular weight is 479 g/mol. The zero-order valence-electron chi connectivity index (χ0n) is 19.7. The molecule has 3 aromatic carbocycles. The second kappa shape index (κ2) is 9.37. The molecule has 1 aliphatic carbocycles. The number of aromatic amines is 1. The predicted molar refractivity (Wildman–Crippen MR) is 137 cm³/mol. The van der Waals surface area contributed by atoms with Crippen LogP contribution in [0.3, 0.4) is 0 Å². The lowest BCUT2D eigenvalue weighted by Crippen LogP contribution is -2.16. The maximum Gasteiger partial charge on any atom is 0.303 e. The van der Waals surface area contributed by atoms with Gasteiger partial charge in [-0.3, -0.25) is 4.79 Å². The van der Waals surface area contributed by atoms with E-state index in [4.69, 9.17) is 10.1 Å². The van der Waals surface area contributed by atoms with Crippen molar-refractivity contribution < 1.29 is 9.90 Å². The van der Waals surface area contributed by atoms with Crippen LogP contribution in [0.2, 0.25) is 0 Å². The summed E-state index contributed by atoms with van der Waals surface area (Å²) in [6.07, 6.45) is 6.00. The third-order valence-electron chi connectivity index (χ3n) is 7.27. The molecule has 6 rings (SSSR count). The quantitative estimate of drug-likeness (QED) is 0.328. The van der Waals surface area contributed by atoms with E-state index in [9.17, 15) is 4.79 Å². The van der Waals surface area contributed by atoms with Gasteiger partial charge in [0.2, 0.25) is 0 Å². The molecular weight excluding hydrogens is 452 g/mol. The van der Waals surface area contributed by atoms with Crippen molar-refractivity contribution in [1.82, 2.24) is 30.2 Å². The highest BCUT2D eigenvalue weighted by atomic mass is 16.4. The number of carboxylic acids is 1. The van der Waals surface area contributed by atoms with Crippen molar-refractivity contribution in [2.24, 2.45) is 5.92 Å². The molecule has 0 radical (unpaired) electrons. The lowest BCUT2D eigenvalue weighted by atomic mass is 9.77. The number of H-pyrrole nitrogens is 1. The second-order valence-electron chi connectivity index (χ2n) is 9.53. The summed E-state index contributed by atoms with van der Waals surface area (Å²) < 4.78 is 1.61. The third kappa shape index (κ3) is 4.37. The largest absolute Gasteiger partial charge is 0.481 e. The molecule has 8 nitrogen and oxygen atoms in total. The highest BCUT2D eigenvalue weighted by Gasteiger charge is 2.24. The number of imidazole rings is 1. The molecule has 0 spiro atoms. The molecule has 0 amide bonds. The Morgan fingerprint density at radius 2 is 1.61 bits per heavy atom. The van der Waals surface area contributed by atoms with Gasteiger partial charge in [-0.1, -0.05) is 54.6 Å². The first-order valence-electron chi connectivity index (χ1n) is 12.3. The van der Waals surface area contributed by atoms with E-state index in [1.165, 1.54) is 11.1 Å². The first-order chi connectivity index (χ1) is 17.6. The number of benzene rings is 3. The lowest BCUT2D eigenvalue weighted by molar-refractivity contribution is -0.138. The molecule has 0 aliphatic heterocycles. The molecule has 1 saturated carbocycles. The number of hydrogen-bond donors (Lipinski definition) is 2. The molecule has 0 saturated heterocycles. The average Bonchev–Trinajstić information content (AvgIpc) is 3.59. The molecule has 1 fully saturated rings. The molecule has 0 unspecified atom stereocenters. The van der Waals surface area contributed by atoms with Crippen molar-refractivity contribution >= 4 is 17.0 Å². The van der Waals surface area contributed by atoms with Crippen LogP contribution in [0.25, 0.3) is 39.2 Å². The van der Waals surface area contributed by atoms with Gasteiger partial charge < -0.3 is 10.1 Å². The highest BCUT2D eigenvalue weighted by Crippen LogP contribution is 2.37. The SMILES string of the molecule is O=C(O)CC1CCC(c2ccc(-c3ccc(-c4nc5c(-n6cnnn6)cccc5[nH]4)cc3)cc2)CC1. The van der Waals surface area contributed by atoms with E-state index in [1.807, 2.05) is 18.2 Å². The molecule has 2 aromatic heterocycles. The molecule has 8 heteroatoms. The number of nitrogens with one attached hydrogen (secondary N) is 1. The van der Waals surface area contributed by atoms with Crippen LogP contribution in [0.5, 0.6) is 0 Å². The van der Waals surface area contributed by atoms with E-state index in [0.29, 0.717) is 18.3 Å². The van der Waals surface area contributed by atoms with Crippen LogP contribution in [0, 0.1) is 5.92 Å². The van der Waals surface area contributed by atoms with E-state index in [0.717, 1.165) is 59.4 Å². The number of tetrazole rings is 1. The van der Waals surface area contributed by atoms with Crippen molar-refractivity contribution in [3.05, 3.63) is 78.6 Å². The fourth-order valence-electron chi connectivity index (χ4n) is 5.33. The van der Waals surface area contributed by atoms with Crippen molar-refractivity contribution in [3.8, 4) is 28.2 Å². The van der Waals surface area contributed by atoms with Gasteiger partial charge in [-0.25, -0.2) is 4.98 Å². The predicted octanol–water partition coefficient (Wildman–Crippen LogP) is 5.62. The van der Waals surface area contributed by atoms with Gasteiger partial charge in [-0.15, -0.1) is 5.10 Å². The van der Waals surface area contributed by atoms with Gasteiger partial charge in [0.05, 0.1) is 11.2 Å². The Kier molecular flexibility index (Phi) is 5.77. The maximum atomic E-state index is 11.0. The Morgan fingerprint density at radius 3 is 2.28 bits per heavy atom. The van der Waals surface area contributed by atoms with E-state index >= 15 is 0 Å². The number of fused-ring (bicyclic) bond motifs is 1. The van der Waals surface area contributed by atoms with Gasteiger partial charge in [0, 0.05) is 12.0 Å². The molecule has 0 atom stereocenters. The second-order valence-corrected chi connectivity index (χ2v) is 9.53. The fraction of sp³-hybridized carbons (Fsp3) is 0.250. The van der Waals surface area contributed by atoms with E-state index in [1.54, 1.807) is 11.0 Å². The number of carbonyl (C=O) groups is 1. The summed E-state index contributed by atoms with van der Waals surface area (Å²) in [6, 6.07) is 23.1. The van der Waals surface area contributed by atoms with Crippen LogP contribution in [-0.4, -0.2) is 41.3 Å². The van der Waals surface area contributed by atoms with Gasteiger partial charge in [0.25, 0.3) is 0 Å². The van der Waals surface area contributed by atoms with Crippen LogP contribution < -0.4 is 0 Å².